The highest BCUT2D eigenvalue weighted by Gasteiger charge is 2.29. The van der Waals surface area contributed by atoms with Crippen LogP contribution in [-0.2, 0) is 19.6 Å². The van der Waals surface area contributed by atoms with Crippen LogP contribution in [-0.4, -0.2) is 49.8 Å². The summed E-state index contributed by atoms with van der Waals surface area (Å²) in [6.45, 7) is 0.858. The van der Waals surface area contributed by atoms with Gasteiger partial charge in [0.2, 0.25) is 21.2 Å². The molecule has 0 saturated carbocycles. The lowest BCUT2D eigenvalue weighted by atomic mass is 10.1. The molecule has 0 radical (unpaired) electrons. The monoisotopic (exact) mass is 629 g/mol. The molecule has 1 atom stereocenters. The molecule has 4 aromatic rings. The Morgan fingerprint density at radius 1 is 1.02 bits per heavy atom. The van der Waals surface area contributed by atoms with E-state index in [4.69, 9.17) is 14.2 Å². The van der Waals surface area contributed by atoms with Gasteiger partial charge in [0.1, 0.15) is 11.6 Å². The number of hydrogen-bond donors (Lipinski definition) is 1. The van der Waals surface area contributed by atoms with Crippen molar-refractivity contribution < 1.29 is 41.0 Å². The Labute approximate surface area is 249 Å². The second-order valence-electron chi connectivity index (χ2n) is 9.35. The summed E-state index contributed by atoms with van der Waals surface area (Å²) >= 11 is 0.974. The van der Waals surface area contributed by atoms with E-state index in [1.165, 1.54) is 47.9 Å². The maximum atomic E-state index is 14.5. The number of ether oxygens (including phenoxy) is 3. The smallest absolute Gasteiger partial charge is 0.337 e. The van der Waals surface area contributed by atoms with Crippen molar-refractivity contribution in [3.05, 3.63) is 95.7 Å². The highest BCUT2D eigenvalue weighted by molar-refractivity contribution is 7.89. The van der Waals surface area contributed by atoms with Gasteiger partial charge >= 0.3 is 5.97 Å². The lowest BCUT2D eigenvalue weighted by Gasteiger charge is -2.20. The molecule has 1 amide bonds. The zero-order chi connectivity index (χ0) is 30.6. The molecule has 14 heteroatoms. The van der Waals surface area contributed by atoms with E-state index in [9.17, 15) is 26.8 Å². The second kappa shape index (κ2) is 12.9. The number of benzene rings is 3. The molecule has 1 aliphatic heterocycles. The summed E-state index contributed by atoms with van der Waals surface area (Å²) in [6, 6.07) is 14.5. The van der Waals surface area contributed by atoms with Gasteiger partial charge in [0.15, 0.2) is 16.7 Å². The van der Waals surface area contributed by atoms with Gasteiger partial charge in [0, 0.05) is 24.7 Å². The van der Waals surface area contributed by atoms with E-state index >= 15 is 0 Å². The number of esters is 1. The molecule has 43 heavy (non-hydrogen) atoms. The third kappa shape index (κ3) is 6.98. The van der Waals surface area contributed by atoms with Crippen LogP contribution in [0.2, 0.25) is 0 Å². The summed E-state index contributed by atoms with van der Waals surface area (Å²) in [5.41, 5.74) is 0.500. The summed E-state index contributed by atoms with van der Waals surface area (Å²) < 4.78 is 71.4. The van der Waals surface area contributed by atoms with E-state index in [2.05, 4.69) is 10.3 Å². The predicted octanol–water partition coefficient (Wildman–Crippen LogP) is 5.54. The number of aromatic nitrogens is 1. The van der Waals surface area contributed by atoms with Crippen LogP contribution in [0.5, 0.6) is 16.6 Å². The maximum Gasteiger partial charge on any atom is 0.337 e. The number of nitrogens with one attached hydrogen (secondary N) is 1. The van der Waals surface area contributed by atoms with Crippen molar-refractivity contribution in [3.63, 3.8) is 0 Å². The normalized spacial score (nSPS) is 14.2. The largest absolute Gasteiger partial charge is 0.473 e. The van der Waals surface area contributed by atoms with Gasteiger partial charge in [0.05, 0.1) is 23.8 Å². The van der Waals surface area contributed by atoms with Crippen molar-refractivity contribution in [2.45, 2.75) is 23.8 Å². The molecule has 1 aromatic heterocycles. The number of hydrogen-bond acceptors (Lipinski definition) is 9. The van der Waals surface area contributed by atoms with Crippen molar-refractivity contribution >= 4 is 38.4 Å². The van der Waals surface area contributed by atoms with Gasteiger partial charge in [-0.3, -0.25) is 10.1 Å². The van der Waals surface area contributed by atoms with Crippen molar-refractivity contribution in [1.29, 1.82) is 0 Å². The number of sulfonamides is 1. The predicted molar refractivity (Wildman–Crippen MR) is 153 cm³/mol. The standard InChI is InChI=1S/C29H25F2N3O7S2/c1-39-28(36)19-5-4-6-21(15-19)40-25-17-32-29(42-25)33-27(35)26(41-24-12-9-20(30)16-23(24)31)18-7-10-22(11-8-18)43(37,38)34-13-2-3-14-34/h4-12,15-17,26H,2-3,13-14H2,1H3,(H,32,33,35). The van der Waals surface area contributed by atoms with Crippen LogP contribution in [0, 0.1) is 11.6 Å². The number of thiazole rings is 1. The van der Waals surface area contributed by atoms with Crippen molar-refractivity contribution in [3.8, 4) is 16.6 Å². The highest BCUT2D eigenvalue weighted by Crippen LogP contribution is 2.33. The molecule has 1 unspecified atom stereocenters. The number of nitrogens with zero attached hydrogens (tertiary/aromatic N) is 2. The van der Waals surface area contributed by atoms with Crippen LogP contribution in [0.1, 0.15) is 34.9 Å². The summed E-state index contributed by atoms with van der Waals surface area (Å²) in [4.78, 5) is 29.4. The molecule has 0 spiro atoms. The Hall–Kier alpha value is -4.40. The third-order valence-electron chi connectivity index (χ3n) is 6.45. The topological polar surface area (TPSA) is 124 Å². The van der Waals surface area contributed by atoms with Gasteiger partial charge in [0.25, 0.3) is 5.91 Å². The van der Waals surface area contributed by atoms with E-state index < -0.39 is 39.6 Å². The zero-order valence-electron chi connectivity index (χ0n) is 22.7. The Kier molecular flexibility index (Phi) is 8.99. The van der Waals surface area contributed by atoms with Gasteiger partial charge in [-0.25, -0.2) is 27.0 Å². The summed E-state index contributed by atoms with van der Waals surface area (Å²) in [7, 11) is -2.45. The fourth-order valence-corrected chi connectivity index (χ4v) is 6.53. The molecule has 5 rings (SSSR count). The number of anilines is 1. The number of carbonyl (C=O) groups excluding carboxylic acids is 2. The number of carbonyl (C=O) groups is 2. The Balaban J connectivity index is 1.37. The lowest BCUT2D eigenvalue weighted by Crippen LogP contribution is -2.28. The maximum absolute atomic E-state index is 14.5. The van der Waals surface area contributed by atoms with E-state index in [0.29, 0.717) is 24.9 Å². The van der Waals surface area contributed by atoms with Gasteiger partial charge in [-0.2, -0.15) is 4.31 Å². The van der Waals surface area contributed by atoms with Gasteiger partial charge < -0.3 is 14.2 Å². The summed E-state index contributed by atoms with van der Waals surface area (Å²) in [5.74, 6) is -3.19. The van der Waals surface area contributed by atoms with Crippen molar-refractivity contribution in [2.75, 3.05) is 25.5 Å². The van der Waals surface area contributed by atoms with Crippen LogP contribution in [0.15, 0.2) is 77.8 Å². The molecule has 0 bridgehead atoms. The van der Waals surface area contributed by atoms with Gasteiger partial charge in [-0.15, -0.1) is 0 Å². The molecule has 3 aromatic carbocycles. The Morgan fingerprint density at radius 2 is 1.77 bits per heavy atom. The van der Waals surface area contributed by atoms with Crippen molar-refractivity contribution in [1.82, 2.24) is 9.29 Å². The molecule has 1 aliphatic rings. The molecule has 1 N–H and O–H groups in total. The van der Waals surface area contributed by atoms with Gasteiger partial charge in [-0.1, -0.05) is 29.5 Å². The fourth-order valence-electron chi connectivity index (χ4n) is 4.32. The van der Waals surface area contributed by atoms with Crippen LogP contribution < -0.4 is 14.8 Å². The minimum absolute atomic E-state index is 0.0447. The van der Waals surface area contributed by atoms with Crippen molar-refractivity contribution in [2.24, 2.45) is 0 Å². The number of halogens is 2. The average Bonchev–Trinajstić information content (AvgIpc) is 3.70. The number of methoxy groups -OCH3 is 1. The quantitative estimate of drug-likeness (QED) is 0.227. The van der Waals surface area contributed by atoms with Crippen LogP contribution in [0.25, 0.3) is 0 Å². The van der Waals surface area contributed by atoms with E-state index in [-0.39, 0.29) is 32.0 Å². The molecular formula is C29H25F2N3O7S2. The minimum Gasteiger partial charge on any atom is -0.473 e. The van der Waals surface area contributed by atoms with E-state index in [0.717, 1.165) is 36.3 Å². The third-order valence-corrected chi connectivity index (χ3v) is 9.15. The van der Waals surface area contributed by atoms with Crippen LogP contribution >= 0.6 is 11.3 Å². The molecule has 1 fully saturated rings. The molecule has 2 heterocycles. The average molecular weight is 630 g/mol. The molecule has 0 aliphatic carbocycles. The minimum atomic E-state index is -3.71. The molecular weight excluding hydrogens is 604 g/mol. The summed E-state index contributed by atoms with van der Waals surface area (Å²) in [6.07, 6.45) is 1.45. The second-order valence-corrected chi connectivity index (χ2v) is 12.3. The van der Waals surface area contributed by atoms with Gasteiger partial charge in [-0.05, 0) is 55.3 Å². The van der Waals surface area contributed by atoms with Crippen LogP contribution in [0.3, 0.4) is 0 Å². The number of rotatable bonds is 10. The van der Waals surface area contributed by atoms with E-state index in [1.807, 2.05) is 0 Å². The SMILES string of the molecule is COC(=O)c1cccc(Oc2cnc(NC(=O)C(Oc3ccc(F)cc3F)c3ccc(S(=O)(=O)N4CCCC4)cc3)s2)c1. The Morgan fingerprint density at radius 3 is 2.47 bits per heavy atom. The first-order valence-electron chi connectivity index (χ1n) is 13.0. The first-order valence-corrected chi connectivity index (χ1v) is 15.2. The first kappa shape index (κ1) is 30.1. The highest BCUT2D eigenvalue weighted by atomic mass is 32.2. The lowest BCUT2D eigenvalue weighted by molar-refractivity contribution is -0.123. The van der Waals surface area contributed by atoms with E-state index in [1.54, 1.807) is 18.2 Å². The molecule has 224 valence electrons. The number of amides is 1. The van der Waals surface area contributed by atoms with Crippen LogP contribution in [0.4, 0.5) is 13.9 Å². The molecule has 1 saturated heterocycles. The zero-order valence-corrected chi connectivity index (χ0v) is 24.3. The first-order chi connectivity index (χ1) is 20.6. The summed E-state index contributed by atoms with van der Waals surface area (Å²) in [5, 5.41) is 3.00. The Bertz CT molecular complexity index is 1740. The fraction of sp³-hybridized carbons (Fsp3) is 0.207. The molecule has 10 nitrogen and oxygen atoms in total.